The van der Waals surface area contributed by atoms with Gasteiger partial charge in [-0.1, -0.05) is 363 Å². The van der Waals surface area contributed by atoms with Gasteiger partial charge >= 0.3 is 0 Å². The van der Waals surface area contributed by atoms with E-state index in [0.29, 0.717) is 26.2 Å². The van der Waals surface area contributed by atoms with Crippen LogP contribution in [0, 0.1) is 0 Å². The highest BCUT2D eigenvalue weighted by Gasteiger charge is 2.44. The largest absolute Gasteiger partial charge is 0.388 e. The average molecular weight is 1140 g/mol. The molecular formula is C78H110O6. The Hall–Kier alpha value is -4.92. The molecule has 0 aliphatic rings. The van der Waals surface area contributed by atoms with Crippen molar-refractivity contribution in [2.45, 2.75) is 243 Å². The molecule has 0 saturated heterocycles. The molecule has 0 radical (unpaired) electrons. The van der Waals surface area contributed by atoms with Gasteiger partial charge in [0.05, 0.1) is 12.7 Å². The summed E-state index contributed by atoms with van der Waals surface area (Å²) in [6.07, 6.45) is 31.2. The molecule has 458 valence electrons. The molecule has 0 heterocycles. The van der Waals surface area contributed by atoms with E-state index in [1.54, 1.807) is 0 Å². The van der Waals surface area contributed by atoms with E-state index in [-0.39, 0.29) is 6.61 Å². The summed E-state index contributed by atoms with van der Waals surface area (Å²) in [5.74, 6) is 0. The maximum atomic E-state index is 13.1. The van der Waals surface area contributed by atoms with Crippen molar-refractivity contribution >= 4 is 0 Å². The molecule has 6 aromatic rings. The van der Waals surface area contributed by atoms with Crippen LogP contribution in [-0.2, 0) is 34.9 Å². The standard InChI is InChI=1S/C78H110O6/c1-4-7-10-13-16-19-21-24-26-47-62-80-74(73(79)66-83-77(67-50-35-29-36-51-67,68-52-37-30-38-53-68)69-54-39-31-40-55-69)65-75(81-63-48-27-23-18-15-12-9-6-3)76(82-64-49-28-25-22-20-17-14-11-8-5-2)84-78(70-56-41-32-42-57-70,71-58-43-33-44-59-71)72-60-45-34-46-61-72/h29-46,50-61,73-76,79H,4-28,47-49,62-66H2,1-3H3. The Bertz CT molecular complexity index is 2260. The summed E-state index contributed by atoms with van der Waals surface area (Å²) in [5.41, 5.74) is 3.84. The summed E-state index contributed by atoms with van der Waals surface area (Å²) in [6, 6.07) is 63.2. The zero-order chi connectivity index (χ0) is 58.9. The monoisotopic (exact) mass is 1140 g/mol. The Morgan fingerprint density at radius 3 is 0.845 bits per heavy atom. The molecule has 0 bridgehead atoms. The van der Waals surface area contributed by atoms with Crippen LogP contribution in [0.25, 0.3) is 0 Å². The Balaban J connectivity index is 1.37. The molecule has 4 atom stereocenters. The van der Waals surface area contributed by atoms with Crippen molar-refractivity contribution in [3.05, 3.63) is 215 Å². The number of unbranched alkanes of at least 4 members (excludes halogenated alkanes) is 25. The smallest absolute Gasteiger partial charge is 0.185 e. The first kappa shape index (κ1) is 68.2. The van der Waals surface area contributed by atoms with Crippen molar-refractivity contribution in [1.29, 1.82) is 0 Å². The number of aliphatic hydroxyl groups is 1. The van der Waals surface area contributed by atoms with Gasteiger partial charge in [0, 0.05) is 26.2 Å². The van der Waals surface area contributed by atoms with Gasteiger partial charge in [-0.25, -0.2) is 0 Å². The molecular weight excluding hydrogens is 1030 g/mol. The average Bonchev–Trinajstić information content (AvgIpc) is 3.30. The van der Waals surface area contributed by atoms with E-state index in [1.807, 2.05) is 18.2 Å². The molecule has 0 saturated carbocycles. The molecule has 1 N–H and O–H groups in total. The van der Waals surface area contributed by atoms with Gasteiger partial charge in [-0.05, 0) is 52.6 Å². The van der Waals surface area contributed by atoms with Crippen molar-refractivity contribution in [2.24, 2.45) is 0 Å². The molecule has 6 heteroatoms. The van der Waals surface area contributed by atoms with Crippen molar-refractivity contribution in [3.63, 3.8) is 0 Å². The minimum Gasteiger partial charge on any atom is -0.388 e. The van der Waals surface area contributed by atoms with Crippen LogP contribution in [-0.4, -0.2) is 56.1 Å². The SMILES string of the molecule is CCCCCCCCCCCCOC(CC(OCCCCCCCCCC)C(OCCCCCCCCCCCC)OC(c1ccccc1)(c1ccccc1)c1ccccc1)C(O)COC(c1ccccc1)(c1ccccc1)c1ccccc1. The lowest BCUT2D eigenvalue weighted by molar-refractivity contribution is -0.250. The molecule has 6 rings (SSSR count). The summed E-state index contributed by atoms with van der Waals surface area (Å²) in [7, 11) is 0. The second-order valence-electron chi connectivity index (χ2n) is 23.7. The van der Waals surface area contributed by atoms with Crippen LogP contribution in [0.2, 0.25) is 0 Å². The summed E-state index contributed by atoms with van der Waals surface area (Å²) in [6.45, 7) is 8.41. The van der Waals surface area contributed by atoms with Crippen LogP contribution in [0.1, 0.15) is 240 Å². The fraction of sp³-hybridized carbons (Fsp3) is 0.538. The predicted octanol–water partition coefficient (Wildman–Crippen LogP) is 20.9. The molecule has 0 spiro atoms. The predicted molar refractivity (Wildman–Crippen MR) is 352 cm³/mol. The van der Waals surface area contributed by atoms with Gasteiger partial charge in [0.2, 0.25) is 0 Å². The highest BCUT2D eigenvalue weighted by molar-refractivity contribution is 5.49. The Morgan fingerprint density at radius 2 is 0.548 bits per heavy atom. The lowest BCUT2D eigenvalue weighted by Gasteiger charge is -2.42. The van der Waals surface area contributed by atoms with Crippen LogP contribution < -0.4 is 0 Å². The van der Waals surface area contributed by atoms with E-state index in [2.05, 4.69) is 185 Å². The first-order valence-electron chi connectivity index (χ1n) is 33.7. The number of benzene rings is 6. The number of aliphatic hydroxyl groups excluding tert-OH is 1. The van der Waals surface area contributed by atoms with E-state index in [4.69, 9.17) is 23.7 Å². The van der Waals surface area contributed by atoms with Crippen LogP contribution in [0.3, 0.4) is 0 Å². The van der Waals surface area contributed by atoms with Crippen LogP contribution in [0.5, 0.6) is 0 Å². The molecule has 0 aromatic heterocycles. The lowest BCUT2D eigenvalue weighted by atomic mass is 9.80. The molecule has 0 aliphatic heterocycles. The van der Waals surface area contributed by atoms with Crippen LogP contribution in [0.4, 0.5) is 0 Å². The van der Waals surface area contributed by atoms with Gasteiger partial charge in [0.15, 0.2) is 6.29 Å². The van der Waals surface area contributed by atoms with Gasteiger partial charge in [0.25, 0.3) is 0 Å². The third-order valence-electron chi connectivity index (χ3n) is 17.0. The van der Waals surface area contributed by atoms with Crippen molar-refractivity contribution in [2.75, 3.05) is 26.4 Å². The van der Waals surface area contributed by atoms with Gasteiger partial charge < -0.3 is 28.8 Å². The fourth-order valence-corrected chi connectivity index (χ4v) is 12.1. The maximum Gasteiger partial charge on any atom is 0.185 e. The minimum absolute atomic E-state index is 0.000892. The third kappa shape index (κ3) is 23.1. The van der Waals surface area contributed by atoms with Gasteiger partial charge in [0.1, 0.15) is 23.4 Å². The van der Waals surface area contributed by atoms with E-state index in [9.17, 15) is 5.11 Å². The highest BCUT2D eigenvalue weighted by atomic mass is 16.7. The minimum atomic E-state index is -1.08. The van der Waals surface area contributed by atoms with Crippen molar-refractivity contribution in [3.8, 4) is 0 Å². The Labute approximate surface area is 510 Å². The van der Waals surface area contributed by atoms with E-state index in [1.165, 1.54) is 141 Å². The van der Waals surface area contributed by atoms with Gasteiger partial charge in [-0.2, -0.15) is 0 Å². The van der Waals surface area contributed by atoms with Crippen molar-refractivity contribution < 1.29 is 28.8 Å². The molecule has 6 aromatic carbocycles. The first-order valence-corrected chi connectivity index (χ1v) is 33.7. The second kappa shape index (κ2) is 42.0. The van der Waals surface area contributed by atoms with E-state index >= 15 is 0 Å². The quantitative estimate of drug-likeness (QED) is 0.0233. The normalized spacial score (nSPS) is 13.4. The van der Waals surface area contributed by atoms with E-state index in [0.717, 1.165) is 71.9 Å². The first-order chi connectivity index (χ1) is 41.6. The molecule has 0 aliphatic carbocycles. The zero-order valence-corrected chi connectivity index (χ0v) is 52.5. The topological polar surface area (TPSA) is 66.4 Å². The maximum absolute atomic E-state index is 13.1. The molecule has 84 heavy (non-hydrogen) atoms. The number of ether oxygens (including phenoxy) is 5. The Morgan fingerprint density at radius 1 is 0.298 bits per heavy atom. The molecule has 0 fully saturated rings. The Kier molecular flexibility index (Phi) is 34.1. The number of hydrogen-bond donors (Lipinski definition) is 1. The molecule has 6 nitrogen and oxygen atoms in total. The summed E-state index contributed by atoms with van der Waals surface area (Å²) in [5, 5.41) is 13.1. The lowest BCUT2D eigenvalue weighted by Crippen LogP contribution is -2.47. The fourth-order valence-electron chi connectivity index (χ4n) is 12.1. The van der Waals surface area contributed by atoms with Gasteiger partial charge in [-0.15, -0.1) is 0 Å². The number of hydrogen-bond acceptors (Lipinski definition) is 6. The zero-order valence-electron chi connectivity index (χ0n) is 52.5. The van der Waals surface area contributed by atoms with E-state index < -0.39 is 35.8 Å². The third-order valence-corrected chi connectivity index (χ3v) is 17.0. The molecule has 0 amide bonds. The molecule has 4 unspecified atom stereocenters. The number of rotatable bonds is 49. The van der Waals surface area contributed by atoms with Crippen LogP contribution >= 0.6 is 0 Å². The highest BCUT2D eigenvalue weighted by Crippen LogP contribution is 2.44. The van der Waals surface area contributed by atoms with Crippen LogP contribution in [0.15, 0.2) is 182 Å². The summed E-state index contributed by atoms with van der Waals surface area (Å²) >= 11 is 0. The van der Waals surface area contributed by atoms with Gasteiger partial charge in [-0.3, -0.25) is 0 Å². The summed E-state index contributed by atoms with van der Waals surface area (Å²) < 4.78 is 37.1. The van der Waals surface area contributed by atoms with Crippen molar-refractivity contribution in [1.82, 2.24) is 0 Å². The summed E-state index contributed by atoms with van der Waals surface area (Å²) in [4.78, 5) is 0. The second-order valence-corrected chi connectivity index (χ2v) is 23.7.